The summed E-state index contributed by atoms with van der Waals surface area (Å²) < 4.78 is 6.21. The number of nitrogens with one attached hydrogen (secondary N) is 1. The predicted molar refractivity (Wildman–Crippen MR) is 107 cm³/mol. The van der Waals surface area contributed by atoms with Crippen LogP contribution in [0.4, 0.5) is 5.69 Å². The van der Waals surface area contributed by atoms with E-state index in [0.29, 0.717) is 11.6 Å². The Morgan fingerprint density at radius 3 is 2.67 bits per heavy atom. The number of rotatable bonds is 5. The lowest BCUT2D eigenvalue weighted by Crippen LogP contribution is -2.21. The zero-order valence-electron chi connectivity index (χ0n) is 15.2. The van der Waals surface area contributed by atoms with Crippen LogP contribution in [0.3, 0.4) is 0 Å². The van der Waals surface area contributed by atoms with Gasteiger partial charge in [-0.1, -0.05) is 13.0 Å². The second kappa shape index (κ2) is 7.12. The first-order valence-electron chi connectivity index (χ1n) is 8.94. The number of esters is 1. The quantitative estimate of drug-likeness (QED) is 0.666. The van der Waals surface area contributed by atoms with Crippen molar-refractivity contribution in [2.24, 2.45) is 11.8 Å². The highest BCUT2D eigenvalue weighted by Crippen LogP contribution is 2.38. The number of fused-ring (bicyclic) bond motifs is 1. The molecule has 5 nitrogen and oxygen atoms in total. The number of nitrogens with zero attached hydrogens (tertiary/aromatic N) is 1. The highest BCUT2D eigenvalue weighted by molar-refractivity contribution is 7.21. The maximum absolute atomic E-state index is 11.9. The first kappa shape index (κ1) is 17.7. The van der Waals surface area contributed by atoms with Gasteiger partial charge in [0.25, 0.3) is 5.91 Å². The van der Waals surface area contributed by atoms with Gasteiger partial charge in [0.2, 0.25) is 0 Å². The maximum atomic E-state index is 11.9. The average molecular weight is 380 g/mol. The van der Waals surface area contributed by atoms with E-state index in [1.807, 2.05) is 37.3 Å². The lowest BCUT2D eigenvalue weighted by molar-refractivity contribution is -0.148. The zero-order valence-corrected chi connectivity index (χ0v) is 16.0. The van der Waals surface area contributed by atoms with E-state index < -0.39 is 0 Å². The summed E-state index contributed by atoms with van der Waals surface area (Å²) in [4.78, 5) is 28.3. The third-order valence-corrected chi connectivity index (χ3v) is 5.78. The van der Waals surface area contributed by atoms with Crippen LogP contribution in [0.15, 0.2) is 42.5 Å². The lowest BCUT2D eigenvalue weighted by Gasteiger charge is -2.07. The largest absolute Gasteiger partial charge is 0.455 e. The van der Waals surface area contributed by atoms with E-state index in [-0.39, 0.29) is 24.4 Å². The Balaban J connectivity index is 1.37. The number of benzene rings is 2. The van der Waals surface area contributed by atoms with Gasteiger partial charge in [0.1, 0.15) is 5.01 Å². The molecule has 1 aromatic heterocycles. The van der Waals surface area contributed by atoms with Gasteiger partial charge in [-0.3, -0.25) is 9.59 Å². The molecular weight excluding hydrogens is 360 g/mol. The molecule has 1 N–H and O–H groups in total. The highest BCUT2D eigenvalue weighted by Gasteiger charge is 2.40. The minimum absolute atomic E-state index is 0.0327. The number of hydrogen-bond donors (Lipinski definition) is 1. The molecule has 138 valence electrons. The fourth-order valence-electron chi connectivity index (χ4n) is 2.94. The first-order chi connectivity index (χ1) is 13.0. The van der Waals surface area contributed by atoms with Gasteiger partial charge in [0.05, 0.1) is 16.1 Å². The van der Waals surface area contributed by atoms with Crippen molar-refractivity contribution in [1.29, 1.82) is 0 Å². The molecule has 0 aliphatic heterocycles. The van der Waals surface area contributed by atoms with Gasteiger partial charge in [-0.05, 0) is 61.2 Å². The smallest absolute Gasteiger partial charge is 0.309 e. The first-order valence-corrected chi connectivity index (χ1v) is 9.75. The number of carbonyl (C=O) groups is 2. The second-order valence-electron chi connectivity index (χ2n) is 7.04. The van der Waals surface area contributed by atoms with Crippen LogP contribution in [0.1, 0.15) is 18.9 Å². The van der Waals surface area contributed by atoms with Gasteiger partial charge in [-0.25, -0.2) is 4.98 Å². The fourth-order valence-corrected chi connectivity index (χ4v) is 4.01. The van der Waals surface area contributed by atoms with Crippen LogP contribution in [0.5, 0.6) is 0 Å². The van der Waals surface area contributed by atoms with Crippen molar-refractivity contribution < 1.29 is 14.3 Å². The van der Waals surface area contributed by atoms with Crippen molar-refractivity contribution in [1.82, 2.24) is 4.98 Å². The minimum Gasteiger partial charge on any atom is -0.455 e. The third-order valence-electron chi connectivity index (χ3n) is 4.72. The molecular formula is C21H20N2O3S. The molecule has 0 unspecified atom stereocenters. The number of amides is 1. The number of aryl methyl sites for hydroxylation is 1. The van der Waals surface area contributed by atoms with Crippen LogP contribution in [-0.2, 0) is 14.3 Å². The van der Waals surface area contributed by atoms with Crippen LogP contribution in [-0.4, -0.2) is 23.5 Å². The van der Waals surface area contributed by atoms with E-state index in [9.17, 15) is 9.59 Å². The maximum Gasteiger partial charge on any atom is 0.309 e. The summed E-state index contributed by atoms with van der Waals surface area (Å²) in [6, 6.07) is 13.7. The summed E-state index contributed by atoms with van der Waals surface area (Å²) in [7, 11) is 0. The molecule has 1 saturated carbocycles. The summed E-state index contributed by atoms with van der Waals surface area (Å²) in [5.74, 6) is -0.270. The van der Waals surface area contributed by atoms with Crippen LogP contribution in [0.25, 0.3) is 20.8 Å². The standard InChI is InChI=1S/C21H20N2O3S/c1-12-3-8-17-18(9-12)27-20(23-17)14-4-6-15(7-5-14)22-19(24)11-26-21(25)16-10-13(16)2/h3-9,13,16H,10-11H2,1-2H3,(H,22,24)/t13-,16-/m0/s1. The number of anilines is 1. The van der Waals surface area contributed by atoms with Crippen LogP contribution in [0.2, 0.25) is 0 Å². The Bertz CT molecular complexity index is 1010. The van der Waals surface area contributed by atoms with Crippen molar-refractivity contribution in [2.75, 3.05) is 11.9 Å². The Kier molecular flexibility index (Phi) is 4.66. The molecule has 3 aromatic rings. The number of hydrogen-bond acceptors (Lipinski definition) is 5. The molecule has 0 saturated heterocycles. The summed E-state index contributed by atoms with van der Waals surface area (Å²) in [6.07, 6.45) is 0.854. The third kappa shape index (κ3) is 4.01. The Morgan fingerprint density at radius 2 is 1.96 bits per heavy atom. The molecule has 27 heavy (non-hydrogen) atoms. The number of aromatic nitrogens is 1. The zero-order chi connectivity index (χ0) is 19.0. The van der Waals surface area contributed by atoms with Gasteiger partial charge in [0.15, 0.2) is 6.61 Å². The van der Waals surface area contributed by atoms with Gasteiger partial charge >= 0.3 is 5.97 Å². The molecule has 1 heterocycles. The summed E-state index contributed by atoms with van der Waals surface area (Å²) >= 11 is 1.65. The van der Waals surface area contributed by atoms with Crippen LogP contribution < -0.4 is 5.32 Å². The second-order valence-corrected chi connectivity index (χ2v) is 8.07. The van der Waals surface area contributed by atoms with Crippen LogP contribution in [0, 0.1) is 18.8 Å². The minimum atomic E-state index is -0.333. The molecule has 0 bridgehead atoms. The van der Waals surface area contributed by atoms with E-state index in [1.54, 1.807) is 11.3 Å². The van der Waals surface area contributed by atoms with Gasteiger partial charge in [-0.15, -0.1) is 11.3 Å². The molecule has 0 spiro atoms. The fraction of sp³-hybridized carbons (Fsp3) is 0.286. The van der Waals surface area contributed by atoms with Gasteiger partial charge in [-0.2, -0.15) is 0 Å². The Morgan fingerprint density at radius 1 is 1.22 bits per heavy atom. The topological polar surface area (TPSA) is 68.3 Å². The monoisotopic (exact) mass is 380 g/mol. The SMILES string of the molecule is Cc1ccc2nc(-c3ccc(NC(=O)COC(=O)[C@H]4C[C@@H]4C)cc3)sc2c1. The number of ether oxygens (including phenoxy) is 1. The molecule has 6 heteroatoms. The van der Waals surface area contributed by atoms with Gasteiger partial charge in [0, 0.05) is 11.3 Å². The molecule has 2 atom stereocenters. The van der Waals surface area contributed by atoms with Crippen molar-refractivity contribution in [3.63, 3.8) is 0 Å². The van der Waals surface area contributed by atoms with E-state index in [4.69, 9.17) is 4.74 Å². The summed E-state index contributed by atoms with van der Waals surface area (Å²) in [5, 5.41) is 3.69. The number of carbonyl (C=O) groups excluding carboxylic acids is 2. The normalized spacial score (nSPS) is 18.3. The van der Waals surface area contributed by atoms with Gasteiger partial charge < -0.3 is 10.1 Å². The molecule has 1 aliphatic rings. The molecule has 1 amide bonds. The molecule has 1 fully saturated rings. The average Bonchev–Trinajstić information content (AvgIpc) is 3.23. The predicted octanol–water partition coefficient (Wildman–Crippen LogP) is 4.41. The molecule has 1 aliphatic carbocycles. The lowest BCUT2D eigenvalue weighted by atomic mass is 10.2. The molecule has 0 radical (unpaired) electrons. The molecule has 4 rings (SSSR count). The van der Waals surface area contributed by atoms with Crippen molar-refractivity contribution in [3.8, 4) is 10.6 Å². The van der Waals surface area contributed by atoms with E-state index in [1.165, 1.54) is 5.56 Å². The summed E-state index contributed by atoms with van der Waals surface area (Å²) in [6.45, 7) is 3.82. The van der Waals surface area contributed by atoms with E-state index in [2.05, 4.69) is 29.4 Å². The van der Waals surface area contributed by atoms with Crippen molar-refractivity contribution in [2.45, 2.75) is 20.3 Å². The van der Waals surface area contributed by atoms with E-state index in [0.717, 1.165) is 27.2 Å². The van der Waals surface area contributed by atoms with Crippen molar-refractivity contribution >= 4 is 39.1 Å². The van der Waals surface area contributed by atoms with Crippen molar-refractivity contribution in [3.05, 3.63) is 48.0 Å². The Labute approximate surface area is 161 Å². The van der Waals surface area contributed by atoms with E-state index >= 15 is 0 Å². The highest BCUT2D eigenvalue weighted by atomic mass is 32.1. The summed E-state index contributed by atoms with van der Waals surface area (Å²) in [5.41, 5.74) is 3.87. The number of thiazole rings is 1. The Hall–Kier alpha value is -2.73. The van der Waals surface area contributed by atoms with Crippen LogP contribution >= 0.6 is 11.3 Å². The molecule has 2 aromatic carbocycles.